The molecule has 1 spiro atoms. The lowest BCUT2D eigenvalue weighted by atomic mass is 9.77. The summed E-state index contributed by atoms with van der Waals surface area (Å²) < 4.78 is 5.57. The lowest BCUT2D eigenvalue weighted by Crippen LogP contribution is -2.85. The zero-order valence-electron chi connectivity index (χ0n) is 26.4. The average molecular weight is 674 g/mol. The molecule has 0 bridgehead atoms. The molecule has 2 aliphatic rings. The van der Waals surface area contributed by atoms with Crippen molar-refractivity contribution in [3.05, 3.63) is 0 Å². The molecule has 1 aliphatic carbocycles. The lowest BCUT2D eigenvalue weighted by molar-refractivity contribution is -0.582. The number of carbonyl (C=O) groups excluding carboxylic acids is 1. The van der Waals surface area contributed by atoms with Crippen LogP contribution in [-0.2, 0) is 9.53 Å². The van der Waals surface area contributed by atoms with Crippen LogP contribution in [-0.4, -0.2) is 150 Å². The van der Waals surface area contributed by atoms with E-state index in [0.717, 1.165) is 58.2 Å². The Balaban J connectivity index is 2.27. The number of aliphatic hydroxyl groups excluding tert-OH is 1. The van der Waals surface area contributed by atoms with Crippen molar-refractivity contribution in [3.8, 4) is 0 Å². The maximum Gasteiger partial charge on any atom is 0.338 e. The second-order valence-electron chi connectivity index (χ2n) is 13.2. The molecule has 14 N–H and O–H groups in total. The zero-order valence-corrected chi connectivity index (χ0v) is 26.4. The maximum atomic E-state index is 13.5. The number of rotatable bonds is 19. The summed E-state index contributed by atoms with van der Waals surface area (Å²) in [5, 5.41) is 140. The number of aliphatic hydroxyl groups is 14. The van der Waals surface area contributed by atoms with Crippen LogP contribution in [0.4, 0.5) is 0 Å². The van der Waals surface area contributed by atoms with Gasteiger partial charge in [-0.05, 0) is 76.4 Å². The molecule has 2 atom stereocenters. The predicted molar refractivity (Wildman–Crippen MR) is 155 cm³/mol. The Morgan fingerprint density at radius 3 is 1.83 bits per heavy atom. The van der Waals surface area contributed by atoms with E-state index in [-0.39, 0.29) is 18.4 Å². The third kappa shape index (κ3) is 8.53. The number of unbranched alkanes of at least 4 members (excludes halogenated alkanes) is 6. The third-order valence-corrected chi connectivity index (χ3v) is 9.80. The fraction of sp³-hybridized carbons (Fsp3) is 0.966. The summed E-state index contributed by atoms with van der Waals surface area (Å²) in [5.41, 5.74) is -0.157. The molecular formula is C29H55NO16. The summed E-state index contributed by atoms with van der Waals surface area (Å²) in [6.45, 7) is 4.55. The highest BCUT2D eigenvalue weighted by Gasteiger charge is 2.80. The van der Waals surface area contributed by atoms with E-state index >= 15 is 0 Å². The minimum Gasteiger partial charge on any atom is -0.462 e. The number of ether oxygens (including phenoxy) is 1. The van der Waals surface area contributed by atoms with Gasteiger partial charge in [0.05, 0.1) is 0 Å². The fourth-order valence-corrected chi connectivity index (χ4v) is 6.49. The van der Waals surface area contributed by atoms with Crippen molar-refractivity contribution >= 4 is 5.97 Å². The monoisotopic (exact) mass is 673 g/mol. The number of hydrogen-bond donors (Lipinski definition) is 14. The van der Waals surface area contributed by atoms with Gasteiger partial charge in [0, 0.05) is 6.61 Å². The van der Waals surface area contributed by atoms with Crippen LogP contribution in [0.2, 0.25) is 0 Å². The van der Waals surface area contributed by atoms with Gasteiger partial charge < -0.3 is 81.1 Å². The highest BCUT2D eigenvalue weighted by molar-refractivity contribution is 5.74. The van der Waals surface area contributed by atoms with Crippen LogP contribution in [0, 0.1) is 11.3 Å². The van der Waals surface area contributed by atoms with E-state index in [9.17, 15) is 55.9 Å². The highest BCUT2D eigenvalue weighted by atomic mass is 16.8. The Morgan fingerprint density at radius 2 is 1.28 bits per heavy atom. The fourth-order valence-electron chi connectivity index (χ4n) is 6.49. The zero-order chi connectivity index (χ0) is 35.2. The molecule has 46 heavy (non-hydrogen) atoms. The Morgan fingerprint density at radius 1 is 0.739 bits per heavy atom. The van der Waals surface area contributed by atoms with Gasteiger partial charge in [-0.15, -0.1) is 0 Å². The van der Waals surface area contributed by atoms with Gasteiger partial charge in [0.1, 0.15) is 12.0 Å². The maximum absolute atomic E-state index is 13.5. The van der Waals surface area contributed by atoms with Crippen LogP contribution in [0.3, 0.4) is 0 Å². The molecule has 1 aliphatic heterocycles. The van der Waals surface area contributed by atoms with E-state index < -0.39 is 59.3 Å². The first-order chi connectivity index (χ1) is 21.0. The average Bonchev–Trinajstić information content (AvgIpc) is 3.34. The summed E-state index contributed by atoms with van der Waals surface area (Å²) in [5.74, 6) is -34.1. The number of hydrogen-bond acceptors (Lipinski definition) is 17. The van der Waals surface area contributed by atoms with E-state index in [0.29, 0.717) is 38.5 Å². The van der Waals surface area contributed by atoms with Crippen LogP contribution in [0.5, 0.6) is 0 Å². The molecule has 0 aromatic carbocycles. The van der Waals surface area contributed by atoms with Crippen LogP contribution in [0.15, 0.2) is 0 Å². The van der Waals surface area contributed by atoms with Gasteiger partial charge in [-0.3, -0.25) is 4.79 Å². The molecule has 2 rings (SSSR count). The van der Waals surface area contributed by atoms with Gasteiger partial charge in [0.2, 0.25) is 5.79 Å². The van der Waals surface area contributed by atoms with E-state index in [4.69, 9.17) is 25.2 Å². The summed E-state index contributed by atoms with van der Waals surface area (Å²) in [7, 11) is 0. The van der Waals surface area contributed by atoms with Crippen molar-refractivity contribution in [1.82, 2.24) is 4.90 Å². The molecule has 2 unspecified atom stereocenters. The van der Waals surface area contributed by atoms with E-state index in [1.54, 1.807) is 0 Å². The van der Waals surface area contributed by atoms with E-state index in [2.05, 4.69) is 4.90 Å². The van der Waals surface area contributed by atoms with Crippen molar-refractivity contribution in [2.45, 2.75) is 138 Å². The molecule has 0 aromatic rings. The molecule has 0 aromatic heterocycles. The van der Waals surface area contributed by atoms with Crippen molar-refractivity contribution in [1.29, 1.82) is 0 Å². The van der Waals surface area contributed by atoms with Crippen LogP contribution in [0.1, 0.15) is 96.8 Å². The molecule has 17 heteroatoms. The highest BCUT2D eigenvalue weighted by Crippen LogP contribution is 2.49. The largest absolute Gasteiger partial charge is 0.462 e. The van der Waals surface area contributed by atoms with Crippen LogP contribution in [0.25, 0.3) is 0 Å². The van der Waals surface area contributed by atoms with Gasteiger partial charge in [0.15, 0.2) is 0 Å². The second kappa shape index (κ2) is 15.6. The van der Waals surface area contributed by atoms with Gasteiger partial charge in [-0.25, -0.2) is 0 Å². The Labute approximate surface area is 267 Å². The van der Waals surface area contributed by atoms with Crippen molar-refractivity contribution < 1.29 is 81.0 Å². The van der Waals surface area contributed by atoms with Gasteiger partial charge >= 0.3 is 17.7 Å². The number of likely N-dealkylation sites (tertiary alicyclic amines) is 1. The molecule has 1 saturated heterocycles. The molecule has 17 nitrogen and oxygen atoms in total. The van der Waals surface area contributed by atoms with Crippen molar-refractivity contribution in [2.75, 3.05) is 26.2 Å². The van der Waals surface area contributed by atoms with E-state index in [1.165, 1.54) is 0 Å². The normalized spacial score (nSPS) is 21.2. The third-order valence-electron chi connectivity index (χ3n) is 9.80. The molecule has 1 heterocycles. The van der Waals surface area contributed by atoms with Gasteiger partial charge in [-0.2, -0.15) is 0 Å². The number of nitrogens with zero attached hydrogens (tertiary/aromatic N) is 1. The summed E-state index contributed by atoms with van der Waals surface area (Å²) in [6, 6.07) is 0. The predicted octanol–water partition coefficient (Wildman–Crippen LogP) is -3.66. The lowest BCUT2D eigenvalue weighted by Gasteiger charge is -2.52. The van der Waals surface area contributed by atoms with Crippen molar-refractivity contribution in [3.63, 3.8) is 0 Å². The standard InChI is InChI=1S/C29H55NO16/c1-2-3-4-5-6-7-10-21(24(33,34)25(35,36)26(37,38)27(39,40)28(41,42)29(43,44)45)22(32)46-20-11-12-23(19-20)13-16-30(17-14-23)15-8-9-18-31/h20-21,31,33-45H,2-19H2,1H3. The molecule has 0 radical (unpaired) electrons. The first-order valence-electron chi connectivity index (χ1n) is 16.0. The Kier molecular flexibility index (Phi) is 13.9. The molecular weight excluding hydrogens is 618 g/mol. The summed E-state index contributed by atoms with van der Waals surface area (Å²) in [4.78, 5) is 15.7. The summed E-state index contributed by atoms with van der Waals surface area (Å²) in [6.07, 6.45) is 7.13. The number of piperidine rings is 1. The number of esters is 1. The van der Waals surface area contributed by atoms with Crippen molar-refractivity contribution in [2.24, 2.45) is 11.3 Å². The number of carbonyl (C=O) groups is 1. The topological polar surface area (TPSA) is 313 Å². The van der Waals surface area contributed by atoms with E-state index in [1.807, 2.05) is 6.92 Å². The molecule has 0 amide bonds. The Bertz CT molecular complexity index is 955. The van der Waals surface area contributed by atoms with Crippen LogP contribution < -0.4 is 0 Å². The second-order valence-corrected chi connectivity index (χ2v) is 13.2. The minimum atomic E-state index is -5.35. The SMILES string of the molecule is CCCCCCCCC(C(=O)OC1CCC2(CCN(CCCCO)CC2)C1)C(O)(O)C(O)(O)C(O)(O)C(O)(O)C(O)(O)C(O)(O)O. The Hall–Kier alpha value is -1.13. The quantitative estimate of drug-likeness (QED) is 0.0357. The van der Waals surface area contributed by atoms with Gasteiger partial charge in [-0.1, -0.05) is 45.4 Å². The van der Waals surface area contributed by atoms with Crippen LogP contribution >= 0.6 is 0 Å². The summed E-state index contributed by atoms with van der Waals surface area (Å²) >= 11 is 0. The van der Waals surface area contributed by atoms with Gasteiger partial charge in [0.25, 0.3) is 17.4 Å². The smallest absolute Gasteiger partial charge is 0.338 e. The molecule has 272 valence electrons. The molecule has 2 fully saturated rings. The minimum absolute atomic E-state index is 0.0490. The first-order valence-corrected chi connectivity index (χ1v) is 16.0. The first kappa shape index (κ1) is 41.0. The molecule has 1 saturated carbocycles.